The zero-order valence-corrected chi connectivity index (χ0v) is 17.2. The van der Waals surface area contributed by atoms with Crippen LogP contribution in [0.2, 0.25) is 0 Å². The van der Waals surface area contributed by atoms with Gasteiger partial charge in [-0.15, -0.1) is 16.8 Å². The van der Waals surface area contributed by atoms with Crippen LogP contribution in [0, 0.1) is 10.1 Å². The predicted octanol–water partition coefficient (Wildman–Crippen LogP) is 4.16. The molecule has 30 heavy (non-hydrogen) atoms. The molecule has 1 N–H and O–H groups in total. The monoisotopic (exact) mass is 423 g/mol. The third-order valence-electron chi connectivity index (χ3n) is 4.34. The minimum atomic E-state index is -0.422. The van der Waals surface area contributed by atoms with E-state index in [9.17, 15) is 14.9 Å². The second-order valence-electron chi connectivity index (χ2n) is 6.51. The Balaban J connectivity index is 1.71. The molecule has 0 radical (unpaired) electrons. The lowest BCUT2D eigenvalue weighted by Gasteiger charge is -2.15. The normalized spacial score (nSPS) is 11.6. The second kappa shape index (κ2) is 9.84. The van der Waals surface area contributed by atoms with E-state index >= 15 is 0 Å². The highest BCUT2D eigenvalue weighted by Gasteiger charge is 2.20. The Kier molecular flexibility index (Phi) is 6.97. The van der Waals surface area contributed by atoms with E-state index < -0.39 is 4.92 Å². The number of carbonyl (C=O) groups excluding carboxylic acids is 1. The first kappa shape index (κ1) is 21.3. The summed E-state index contributed by atoms with van der Waals surface area (Å²) in [6.07, 6.45) is 1.74. The van der Waals surface area contributed by atoms with Crippen molar-refractivity contribution in [2.75, 3.05) is 0 Å². The number of non-ortho nitro benzene ring substituents is 1. The van der Waals surface area contributed by atoms with Crippen LogP contribution in [-0.4, -0.2) is 25.6 Å². The number of allylic oxidation sites excluding steroid dienone is 1. The van der Waals surface area contributed by atoms with Crippen molar-refractivity contribution in [1.82, 2.24) is 20.1 Å². The molecule has 2 aromatic carbocycles. The fourth-order valence-corrected chi connectivity index (χ4v) is 3.73. The Morgan fingerprint density at radius 3 is 2.57 bits per heavy atom. The van der Waals surface area contributed by atoms with Gasteiger partial charge in [0.1, 0.15) is 0 Å². The first-order valence-corrected chi connectivity index (χ1v) is 10.2. The summed E-state index contributed by atoms with van der Waals surface area (Å²) in [6.45, 7) is 6.15. The summed E-state index contributed by atoms with van der Waals surface area (Å²) in [5.74, 6) is 1.03. The van der Waals surface area contributed by atoms with E-state index in [-0.39, 0.29) is 17.6 Å². The Labute approximate surface area is 178 Å². The van der Waals surface area contributed by atoms with Crippen molar-refractivity contribution in [3.63, 3.8) is 0 Å². The summed E-state index contributed by atoms with van der Waals surface area (Å²) >= 11 is 1.47. The minimum Gasteiger partial charge on any atom is -0.342 e. The summed E-state index contributed by atoms with van der Waals surface area (Å²) < 4.78 is 1.90. The molecule has 0 unspecified atom stereocenters. The number of aromatic nitrogens is 3. The molecule has 0 spiro atoms. The minimum absolute atomic E-state index is 0.0591. The van der Waals surface area contributed by atoms with E-state index in [1.165, 1.54) is 23.9 Å². The maximum absolute atomic E-state index is 12.4. The number of nitro groups is 1. The van der Waals surface area contributed by atoms with E-state index in [1.807, 2.05) is 29.7 Å². The van der Waals surface area contributed by atoms with Gasteiger partial charge in [-0.2, -0.15) is 0 Å². The summed E-state index contributed by atoms with van der Waals surface area (Å²) in [6, 6.07) is 15.1. The zero-order valence-electron chi connectivity index (χ0n) is 16.4. The van der Waals surface area contributed by atoms with Crippen molar-refractivity contribution < 1.29 is 9.72 Å². The number of thioether (sulfide) groups is 1. The molecule has 1 heterocycles. The van der Waals surface area contributed by atoms with Crippen LogP contribution in [0.5, 0.6) is 0 Å². The van der Waals surface area contributed by atoms with Crippen molar-refractivity contribution in [2.24, 2.45) is 0 Å². The molecule has 0 aliphatic heterocycles. The Bertz CT molecular complexity index is 1030. The fraction of sp³-hybridized carbons (Fsp3) is 0.190. The first-order valence-electron chi connectivity index (χ1n) is 9.25. The third-order valence-corrected chi connectivity index (χ3v) is 5.38. The van der Waals surface area contributed by atoms with Crippen LogP contribution in [0.15, 0.2) is 72.4 Å². The molecule has 0 saturated heterocycles. The molecule has 0 saturated carbocycles. The highest BCUT2D eigenvalue weighted by Crippen LogP contribution is 2.25. The van der Waals surface area contributed by atoms with E-state index in [0.717, 1.165) is 5.56 Å². The van der Waals surface area contributed by atoms with E-state index in [0.29, 0.717) is 28.8 Å². The predicted molar refractivity (Wildman–Crippen MR) is 115 cm³/mol. The molecule has 3 rings (SSSR count). The van der Waals surface area contributed by atoms with Crippen LogP contribution in [0.4, 0.5) is 5.69 Å². The quantitative estimate of drug-likeness (QED) is 0.240. The molecule has 9 heteroatoms. The van der Waals surface area contributed by atoms with Gasteiger partial charge in [-0.3, -0.25) is 14.9 Å². The van der Waals surface area contributed by atoms with Crippen LogP contribution in [-0.2, 0) is 12.3 Å². The van der Waals surface area contributed by atoms with Crippen LogP contribution < -0.4 is 5.32 Å². The number of nitrogens with zero attached hydrogens (tertiary/aromatic N) is 4. The van der Waals surface area contributed by atoms with Gasteiger partial charge in [-0.25, -0.2) is 0 Å². The van der Waals surface area contributed by atoms with Gasteiger partial charge in [-0.1, -0.05) is 48.2 Å². The molecule has 8 nitrogen and oxygen atoms in total. The maximum atomic E-state index is 12.4. The number of carbonyl (C=O) groups is 1. The van der Waals surface area contributed by atoms with Gasteiger partial charge in [0, 0.05) is 30.0 Å². The lowest BCUT2D eigenvalue weighted by Crippen LogP contribution is -2.28. The number of hydrogen-bond donors (Lipinski definition) is 1. The standard InChI is InChI=1S/C21H21N5O3S/c1-3-13-25-19(15(2)22-20(27)17-7-5-4-6-8-17)23-24-21(25)30-14-16-9-11-18(12-10-16)26(28)29/h3-12,15H,1,13-14H2,2H3,(H,22,27)/t15-/m0/s1. The zero-order chi connectivity index (χ0) is 21.5. The second-order valence-corrected chi connectivity index (χ2v) is 7.46. The van der Waals surface area contributed by atoms with E-state index in [1.54, 1.807) is 30.3 Å². The van der Waals surface area contributed by atoms with Crippen molar-refractivity contribution in [1.29, 1.82) is 0 Å². The van der Waals surface area contributed by atoms with Crippen molar-refractivity contribution >= 4 is 23.4 Å². The highest BCUT2D eigenvalue weighted by molar-refractivity contribution is 7.98. The number of nitrogens with one attached hydrogen (secondary N) is 1. The Morgan fingerprint density at radius 1 is 1.23 bits per heavy atom. The number of hydrogen-bond acceptors (Lipinski definition) is 6. The fourth-order valence-electron chi connectivity index (χ4n) is 2.82. The summed E-state index contributed by atoms with van der Waals surface area (Å²) in [5, 5.41) is 22.9. The van der Waals surface area contributed by atoms with Crippen molar-refractivity contribution in [3.8, 4) is 0 Å². The Morgan fingerprint density at radius 2 is 1.93 bits per heavy atom. The lowest BCUT2D eigenvalue weighted by molar-refractivity contribution is -0.384. The van der Waals surface area contributed by atoms with Crippen LogP contribution in [0.1, 0.15) is 34.7 Å². The van der Waals surface area contributed by atoms with Gasteiger partial charge in [-0.05, 0) is 24.6 Å². The molecule has 0 bridgehead atoms. The van der Waals surface area contributed by atoms with Crippen molar-refractivity contribution in [2.45, 2.75) is 30.4 Å². The Hall–Kier alpha value is -3.46. The molecule has 0 aliphatic rings. The highest BCUT2D eigenvalue weighted by atomic mass is 32.2. The van der Waals surface area contributed by atoms with Crippen LogP contribution in [0.25, 0.3) is 0 Å². The average molecular weight is 423 g/mol. The number of amides is 1. The summed E-state index contributed by atoms with van der Waals surface area (Å²) in [7, 11) is 0. The summed E-state index contributed by atoms with van der Waals surface area (Å²) in [4.78, 5) is 22.8. The smallest absolute Gasteiger partial charge is 0.269 e. The molecule has 154 valence electrons. The van der Waals surface area contributed by atoms with Gasteiger partial charge in [0.05, 0.1) is 11.0 Å². The van der Waals surface area contributed by atoms with Crippen LogP contribution >= 0.6 is 11.8 Å². The van der Waals surface area contributed by atoms with Gasteiger partial charge < -0.3 is 9.88 Å². The van der Waals surface area contributed by atoms with E-state index in [2.05, 4.69) is 22.1 Å². The molecular formula is C21H21N5O3S. The number of rotatable bonds is 9. The molecule has 1 aromatic heterocycles. The van der Waals surface area contributed by atoms with Gasteiger partial charge in [0.15, 0.2) is 11.0 Å². The lowest BCUT2D eigenvalue weighted by atomic mass is 10.2. The largest absolute Gasteiger partial charge is 0.342 e. The molecule has 0 aliphatic carbocycles. The average Bonchev–Trinajstić information content (AvgIpc) is 3.16. The topological polar surface area (TPSA) is 103 Å². The number of benzene rings is 2. The molecule has 0 fully saturated rings. The maximum Gasteiger partial charge on any atom is 0.269 e. The molecular weight excluding hydrogens is 402 g/mol. The SMILES string of the molecule is C=CCn1c(SCc2ccc([N+](=O)[O-])cc2)nnc1[C@H](C)NC(=O)c1ccccc1. The van der Waals surface area contributed by atoms with Gasteiger partial charge in [0.2, 0.25) is 0 Å². The van der Waals surface area contributed by atoms with Gasteiger partial charge >= 0.3 is 0 Å². The molecule has 1 atom stereocenters. The van der Waals surface area contributed by atoms with Gasteiger partial charge in [0.25, 0.3) is 11.6 Å². The molecule has 1 amide bonds. The first-order chi connectivity index (χ1) is 14.5. The number of nitro benzene ring substituents is 1. The third kappa shape index (κ3) is 5.12. The summed E-state index contributed by atoms with van der Waals surface area (Å²) in [5.41, 5.74) is 1.57. The molecule has 3 aromatic rings. The van der Waals surface area contributed by atoms with Crippen LogP contribution in [0.3, 0.4) is 0 Å². The van der Waals surface area contributed by atoms with Crippen molar-refractivity contribution in [3.05, 3.63) is 94.3 Å². The van der Waals surface area contributed by atoms with E-state index in [4.69, 9.17) is 0 Å².